The zero-order chi connectivity index (χ0) is 25.2. The summed E-state index contributed by atoms with van der Waals surface area (Å²) in [4.78, 5) is 35.4. The summed E-state index contributed by atoms with van der Waals surface area (Å²) in [7, 11) is 1.96. The number of para-hydroxylation sites is 1. The molecule has 0 aliphatic carbocycles. The number of fused-ring (bicyclic) bond motifs is 1. The largest absolute Gasteiger partial charge is 0.337 e. The van der Waals surface area contributed by atoms with Crippen molar-refractivity contribution in [1.82, 2.24) is 4.90 Å². The normalized spacial score (nSPS) is 17.9. The van der Waals surface area contributed by atoms with Crippen molar-refractivity contribution in [3.05, 3.63) is 93.9 Å². The van der Waals surface area contributed by atoms with Gasteiger partial charge >= 0.3 is 0 Å². The molecule has 7 nitrogen and oxygen atoms in total. The Kier molecular flexibility index (Phi) is 6.55. The number of amides is 2. The first-order chi connectivity index (χ1) is 17.4. The van der Waals surface area contributed by atoms with Crippen molar-refractivity contribution in [2.24, 2.45) is 4.99 Å². The zero-order valence-corrected chi connectivity index (χ0v) is 21.2. The lowest BCUT2D eigenvalue weighted by atomic mass is 10.1. The van der Waals surface area contributed by atoms with E-state index >= 15 is 0 Å². The van der Waals surface area contributed by atoms with E-state index in [2.05, 4.69) is 11.4 Å². The summed E-state index contributed by atoms with van der Waals surface area (Å²) < 4.78 is 0. The van der Waals surface area contributed by atoms with Gasteiger partial charge in [0.1, 0.15) is 11.0 Å². The molecule has 2 aliphatic heterocycles. The number of aliphatic imine (C=N–C) groups is 1. The average Bonchev–Trinajstić information content (AvgIpc) is 3.37. The summed E-state index contributed by atoms with van der Waals surface area (Å²) in [5.41, 5.74) is 3.30. The molecular weight excluding hydrogens is 490 g/mol. The van der Waals surface area contributed by atoms with Gasteiger partial charge in [0.05, 0.1) is 34.2 Å². The van der Waals surface area contributed by atoms with Gasteiger partial charge in [0.2, 0.25) is 5.91 Å². The van der Waals surface area contributed by atoms with Gasteiger partial charge < -0.3 is 10.2 Å². The van der Waals surface area contributed by atoms with Crippen LogP contribution < -0.4 is 10.2 Å². The Balaban J connectivity index is 1.55. The minimum Gasteiger partial charge on any atom is -0.337 e. The highest BCUT2D eigenvalue weighted by atomic mass is 32.2. The quantitative estimate of drug-likeness (QED) is 0.453. The van der Waals surface area contributed by atoms with Crippen LogP contribution in [0.3, 0.4) is 0 Å². The molecule has 0 saturated carbocycles. The van der Waals surface area contributed by atoms with Crippen LogP contribution in [0.25, 0.3) is 0 Å². The Morgan fingerprint density at radius 3 is 2.53 bits per heavy atom. The van der Waals surface area contributed by atoms with Crippen LogP contribution in [0.15, 0.2) is 92.6 Å². The number of carbonyl (C=O) groups excluding carboxylic acids is 2. The lowest BCUT2D eigenvalue weighted by Gasteiger charge is -2.17. The lowest BCUT2D eigenvalue weighted by Crippen LogP contribution is -2.29. The van der Waals surface area contributed by atoms with E-state index in [0.29, 0.717) is 33.6 Å². The highest BCUT2D eigenvalue weighted by Gasteiger charge is 2.39. The van der Waals surface area contributed by atoms with Gasteiger partial charge in [-0.1, -0.05) is 54.2 Å². The van der Waals surface area contributed by atoms with Gasteiger partial charge in [0.25, 0.3) is 5.91 Å². The van der Waals surface area contributed by atoms with Gasteiger partial charge in [-0.2, -0.15) is 5.26 Å². The predicted octanol–water partition coefficient (Wildman–Crippen LogP) is 5.69. The number of hydrogen-bond acceptors (Lipinski definition) is 7. The molecule has 3 aromatic rings. The highest BCUT2D eigenvalue weighted by molar-refractivity contribution is 8.19. The molecule has 0 spiro atoms. The van der Waals surface area contributed by atoms with E-state index in [0.717, 1.165) is 21.2 Å². The number of amidine groups is 1. The Hall–Kier alpha value is -4.00. The molecule has 9 heteroatoms. The molecular formula is C27H21N5O2S2. The topological polar surface area (TPSA) is 88.8 Å². The summed E-state index contributed by atoms with van der Waals surface area (Å²) in [5.74, 6) is -0.368. The number of nitrogens with zero attached hydrogens (tertiary/aromatic N) is 4. The molecule has 2 aliphatic rings. The number of nitriles is 1. The Morgan fingerprint density at radius 2 is 1.81 bits per heavy atom. The Labute approximate surface area is 217 Å². The number of rotatable bonds is 4. The molecule has 5 rings (SSSR count). The maximum Gasteiger partial charge on any atom is 0.269 e. The van der Waals surface area contributed by atoms with Crippen molar-refractivity contribution in [3.63, 3.8) is 0 Å². The molecule has 2 heterocycles. The molecule has 0 bridgehead atoms. The SMILES string of the molecule is CC(=O)Nc1ccc(N=C2SC(=C3Sc4ccccc4N3C)C(=O)N2Cc2ccccc2)cc1C#N. The number of thioether (sulfide) groups is 2. The van der Waals surface area contributed by atoms with Crippen LogP contribution >= 0.6 is 23.5 Å². The number of benzene rings is 3. The Morgan fingerprint density at radius 1 is 1.06 bits per heavy atom. The maximum atomic E-state index is 13.7. The second kappa shape index (κ2) is 9.93. The minimum absolute atomic E-state index is 0.111. The number of anilines is 2. The van der Waals surface area contributed by atoms with Gasteiger partial charge in [0, 0.05) is 18.9 Å². The van der Waals surface area contributed by atoms with E-state index in [9.17, 15) is 14.9 Å². The van der Waals surface area contributed by atoms with Crippen molar-refractivity contribution in [1.29, 1.82) is 5.26 Å². The molecule has 1 N–H and O–H groups in total. The van der Waals surface area contributed by atoms with Gasteiger partial charge in [-0.3, -0.25) is 14.5 Å². The van der Waals surface area contributed by atoms with Crippen LogP contribution in [-0.2, 0) is 16.1 Å². The van der Waals surface area contributed by atoms with E-state index in [-0.39, 0.29) is 11.8 Å². The third kappa shape index (κ3) is 4.61. The fraction of sp³-hybridized carbons (Fsp3) is 0.111. The van der Waals surface area contributed by atoms with Crippen LogP contribution in [-0.4, -0.2) is 28.9 Å². The summed E-state index contributed by atoms with van der Waals surface area (Å²) in [6.07, 6.45) is 0. The highest BCUT2D eigenvalue weighted by Crippen LogP contribution is 2.50. The van der Waals surface area contributed by atoms with Crippen molar-refractivity contribution < 1.29 is 9.59 Å². The molecule has 2 amide bonds. The lowest BCUT2D eigenvalue weighted by molar-refractivity contribution is -0.122. The van der Waals surface area contributed by atoms with Crippen molar-refractivity contribution >= 4 is 57.6 Å². The third-order valence-corrected chi connectivity index (χ3v) is 8.07. The fourth-order valence-corrected chi connectivity index (χ4v) is 6.27. The average molecular weight is 512 g/mol. The van der Waals surface area contributed by atoms with Crippen molar-refractivity contribution in [2.75, 3.05) is 17.3 Å². The monoisotopic (exact) mass is 511 g/mol. The van der Waals surface area contributed by atoms with Gasteiger partial charge in [-0.25, -0.2) is 4.99 Å². The zero-order valence-electron chi connectivity index (χ0n) is 19.6. The van der Waals surface area contributed by atoms with Crippen LogP contribution in [0.2, 0.25) is 0 Å². The first kappa shape index (κ1) is 23.7. The molecule has 3 aromatic carbocycles. The van der Waals surface area contributed by atoms with E-state index in [4.69, 9.17) is 4.99 Å². The minimum atomic E-state index is -0.257. The molecule has 1 saturated heterocycles. The van der Waals surface area contributed by atoms with Crippen molar-refractivity contribution in [2.45, 2.75) is 18.4 Å². The smallest absolute Gasteiger partial charge is 0.269 e. The van der Waals surface area contributed by atoms with Gasteiger partial charge in [0.15, 0.2) is 5.17 Å². The molecule has 0 unspecified atom stereocenters. The summed E-state index contributed by atoms with van der Waals surface area (Å²) in [6, 6.07) is 24.9. The van der Waals surface area contributed by atoms with E-state index < -0.39 is 0 Å². The van der Waals surface area contributed by atoms with E-state index in [1.807, 2.05) is 66.5 Å². The number of nitrogens with one attached hydrogen (secondary N) is 1. The molecule has 1 fully saturated rings. The van der Waals surface area contributed by atoms with E-state index in [1.54, 1.807) is 34.9 Å². The van der Waals surface area contributed by atoms with Crippen LogP contribution in [0, 0.1) is 11.3 Å². The fourth-order valence-electron chi connectivity index (χ4n) is 3.93. The first-order valence-electron chi connectivity index (χ1n) is 11.1. The van der Waals surface area contributed by atoms with E-state index in [1.165, 1.54) is 18.7 Å². The van der Waals surface area contributed by atoms with Crippen molar-refractivity contribution in [3.8, 4) is 6.07 Å². The maximum absolute atomic E-state index is 13.7. The van der Waals surface area contributed by atoms with Gasteiger partial charge in [-0.05, 0) is 47.7 Å². The summed E-state index contributed by atoms with van der Waals surface area (Å²) in [5, 5.41) is 13.6. The molecule has 0 radical (unpaired) electrons. The van der Waals surface area contributed by atoms with Crippen LogP contribution in [0.5, 0.6) is 0 Å². The Bertz CT molecular complexity index is 1480. The first-order valence-corrected chi connectivity index (χ1v) is 12.8. The van der Waals surface area contributed by atoms with Gasteiger partial charge in [-0.15, -0.1) is 0 Å². The molecule has 178 valence electrons. The summed E-state index contributed by atoms with van der Waals surface area (Å²) in [6.45, 7) is 1.77. The second-order valence-corrected chi connectivity index (χ2v) is 10.2. The summed E-state index contributed by atoms with van der Waals surface area (Å²) >= 11 is 2.91. The third-order valence-electron chi connectivity index (χ3n) is 5.64. The number of carbonyl (C=O) groups is 2. The second-order valence-electron chi connectivity index (χ2n) is 8.16. The van der Waals surface area contributed by atoms with Crippen LogP contribution in [0.1, 0.15) is 18.1 Å². The standard InChI is InChI=1S/C27H21N5O2S2/c1-17(33)29-21-13-12-20(14-19(21)15-28)30-27-32(16-18-8-4-3-5-9-18)25(34)24(36-27)26-31(2)22-10-6-7-11-23(22)35-26/h3-14H,16H2,1-2H3,(H,29,33). The molecule has 0 aromatic heterocycles. The molecule has 0 atom stereocenters. The molecule has 36 heavy (non-hydrogen) atoms. The predicted molar refractivity (Wildman–Crippen MR) is 145 cm³/mol. The van der Waals surface area contributed by atoms with Crippen LogP contribution in [0.4, 0.5) is 17.1 Å². The number of hydrogen-bond donors (Lipinski definition) is 1.